The van der Waals surface area contributed by atoms with Gasteiger partial charge in [-0.15, -0.1) is 0 Å². The normalized spacial score (nSPS) is 16.5. The van der Waals surface area contributed by atoms with Crippen LogP contribution in [0.4, 0.5) is 0 Å². The number of aliphatic hydroxyl groups is 1. The minimum atomic E-state index is -2.66. The van der Waals surface area contributed by atoms with Crippen LogP contribution in [0.2, 0.25) is 0 Å². The minimum absolute atomic E-state index is 0.0232. The summed E-state index contributed by atoms with van der Waals surface area (Å²) in [6, 6.07) is 10.0. The summed E-state index contributed by atoms with van der Waals surface area (Å²) >= 11 is 0. The molecule has 0 bridgehead atoms. The van der Waals surface area contributed by atoms with Gasteiger partial charge in [-0.3, -0.25) is 4.79 Å². The third-order valence-electron chi connectivity index (χ3n) is 5.01. The zero-order valence-corrected chi connectivity index (χ0v) is 15.9. The molecule has 30 heavy (non-hydrogen) atoms. The first kappa shape index (κ1) is 14.3. The van der Waals surface area contributed by atoms with Gasteiger partial charge >= 0.3 is 5.63 Å². The molecule has 150 valence electrons. The number of para-hydroxylation sites is 1. The van der Waals surface area contributed by atoms with Crippen molar-refractivity contribution < 1.29 is 26.3 Å². The van der Waals surface area contributed by atoms with Gasteiger partial charge in [0.2, 0.25) is 0 Å². The molecule has 0 fully saturated rings. The van der Waals surface area contributed by atoms with E-state index in [9.17, 15) is 19.8 Å². The van der Waals surface area contributed by atoms with Crippen LogP contribution in [-0.4, -0.2) is 16.0 Å². The number of fused-ring (bicyclic) bond motifs is 1. The van der Waals surface area contributed by atoms with Crippen LogP contribution in [0.1, 0.15) is 36.4 Å². The molecule has 0 spiro atoms. The highest BCUT2D eigenvalue weighted by molar-refractivity contribution is 5.88. The Morgan fingerprint density at radius 1 is 1.03 bits per heavy atom. The van der Waals surface area contributed by atoms with Crippen molar-refractivity contribution in [2.45, 2.75) is 18.4 Å². The fraction of sp³-hybridized carbons (Fsp3) is 0.120. The lowest BCUT2D eigenvalue weighted by molar-refractivity contribution is -0.123. The highest BCUT2D eigenvalue weighted by Gasteiger charge is 2.48. The predicted octanol–water partition coefficient (Wildman–Crippen LogP) is 4.11. The number of rotatable bonds is 5. The van der Waals surface area contributed by atoms with Crippen LogP contribution in [0.15, 0.2) is 94.0 Å². The predicted molar refractivity (Wildman–Crippen MR) is 113 cm³/mol. The molecule has 0 radical (unpaired) electrons. The molecular formula is C25H20O5. The van der Waals surface area contributed by atoms with Crippen molar-refractivity contribution in [3.8, 4) is 5.75 Å². The van der Waals surface area contributed by atoms with Crippen molar-refractivity contribution in [2.75, 3.05) is 0 Å². The van der Waals surface area contributed by atoms with E-state index in [0.29, 0.717) is 0 Å². The Hall–Kier alpha value is -3.70. The van der Waals surface area contributed by atoms with Gasteiger partial charge < -0.3 is 14.6 Å². The third-order valence-corrected chi connectivity index (χ3v) is 5.01. The second-order valence-corrected chi connectivity index (χ2v) is 6.82. The van der Waals surface area contributed by atoms with Crippen LogP contribution in [-0.2, 0) is 10.4 Å². The number of aromatic hydroxyl groups is 1. The molecule has 0 aliphatic heterocycles. The average molecular weight is 405 g/mol. The molecule has 0 aliphatic rings. The number of ketones is 1. The fourth-order valence-electron chi connectivity index (χ4n) is 3.73. The molecule has 5 nitrogen and oxygen atoms in total. The maximum atomic E-state index is 13.2. The van der Waals surface area contributed by atoms with Gasteiger partial charge in [0.25, 0.3) is 0 Å². The van der Waals surface area contributed by atoms with Gasteiger partial charge in [-0.05, 0) is 30.2 Å². The topological polar surface area (TPSA) is 87.7 Å². The quantitative estimate of drug-likeness (QED) is 0.488. The highest BCUT2D eigenvalue weighted by Crippen LogP contribution is 2.46. The van der Waals surface area contributed by atoms with E-state index in [0.717, 1.165) is 6.92 Å². The summed E-state index contributed by atoms with van der Waals surface area (Å²) < 4.78 is 46.1. The number of carbonyl (C=O) groups excluding carboxylic acids is 1. The molecule has 1 aromatic heterocycles. The lowest BCUT2D eigenvalue weighted by Crippen LogP contribution is -2.42. The van der Waals surface area contributed by atoms with E-state index in [4.69, 9.17) is 11.3 Å². The third kappa shape index (κ3) is 3.09. The Bertz CT molecular complexity index is 1500. The Balaban J connectivity index is 2.20. The van der Waals surface area contributed by atoms with Gasteiger partial charge in [0.05, 0.1) is 18.2 Å². The van der Waals surface area contributed by atoms with E-state index in [1.54, 1.807) is 18.2 Å². The number of hydrogen-bond donors (Lipinski definition) is 2. The molecular weight excluding hydrogens is 380 g/mol. The first-order chi connectivity index (χ1) is 16.5. The zero-order valence-electron chi connectivity index (χ0n) is 20.9. The van der Waals surface area contributed by atoms with E-state index in [2.05, 4.69) is 0 Å². The molecule has 5 heteroatoms. The molecule has 3 aromatic carbocycles. The van der Waals surface area contributed by atoms with Crippen LogP contribution >= 0.6 is 0 Å². The largest absolute Gasteiger partial charge is 0.506 e. The highest BCUT2D eigenvalue weighted by atomic mass is 16.4. The lowest BCUT2D eigenvalue weighted by atomic mass is 9.71. The Labute approximate surface area is 179 Å². The van der Waals surface area contributed by atoms with Crippen LogP contribution in [0.25, 0.3) is 11.0 Å². The summed E-state index contributed by atoms with van der Waals surface area (Å²) in [6.45, 7) is 1.07. The van der Waals surface area contributed by atoms with Crippen LogP contribution < -0.4 is 5.63 Å². The maximum Gasteiger partial charge on any atom is 0.346 e. The number of carbonyl (C=O) groups is 1. The van der Waals surface area contributed by atoms with Crippen molar-refractivity contribution in [1.82, 2.24) is 0 Å². The molecule has 2 N–H and O–H groups in total. The summed E-state index contributed by atoms with van der Waals surface area (Å²) in [6.07, 6.45) is 0. The maximum absolute atomic E-state index is 13.2. The van der Waals surface area contributed by atoms with Crippen LogP contribution in [0.3, 0.4) is 0 Å². The van der Waals surface area contributed by atoms with E-state index < -0.39 is 70.0 Å². The van der Waals surface area contributed by atoms with Crippen molar-refractivity contribution in [2.24, 2.45) is 0 Å². The smallest absolute Gasteiger partial charge is 0.346 e. The summed E-state index contributed by atoms with van der Waals surface area (Å²) in [5.74, 6) is -3.32. The molecule has 4 aromatic rings. The first-order valence-corrected chi connectivity index (χ1v) is 9.12. The summed E-state index contributed by atoms with van der Waals surface area (Å²) in [4.78, 5) is 26.3. The molecule has 1 heterocycles. The average Bonchev–Trinajstić information content (AvgIpc) is 2.84. The second kappa shape index (κ2) is 7.61. The summed E-state index contributed by atoms with van der Waals surface area (Å²) in [5.41, 5.74) is -4.99. The molecule has 2 unspecified atom stereocenters. The minimum Gasteiger partial charge on any atom is -0.506 e. The number of Topliss-reactive ketones (excluding diaryl/α,β-unsaturated/α-hetero) is 1. The van der Waals surface area contributed by atoms with Gasteiger partial charge in [0.15, 0.2) is 0 Å². The van der Waals surface area contributed by atoms with E-state index in [-0.39, 0.29) is 16.5 Å². The zero-order chi connectivity index (χ0) is 25.7. The van der Waals surface area contributed by atoms with Crippen molar-refractivity contribution in [3.05, 3.63) is 112 Å². The summed E-state index contributed by atoms with van der Waals surface area (Å²) in [7, 11) is 0. The van der Waals surface area contributed by atoms with Crippen molar-refractivity contribution >= 4 is 16.8 Å². The van der Waals surface area contributed by atoms with Crippen molar-refractivity contribution in [1.29, 1.82) is 0 Å². The first-order valence-electron chi connectivity index (χ1n) is 11.6. The van der Waals surface area contributed by atoms with Gasteiger partial charge in [0.1, 0.15) is 28.3 Å². The van der Waals surface area contributed by atoms with Gasteiger partial charge in [-0.1, -0.05) is 72.7 Å². The standard InChI is InChI=1S/C25H20O5/c1-16(26)21(17-10-4-2-5-11-17)25(29,18-12-6-3-7-13-18)22-23(27)19-14-8-9-15-20(19)30-24(22)28/h2-15,21,27,29H,1H3/i2D,4D,5D,10D,11D. The van der Waals surface area contributed by atoms with Gasteiger partial charge in [-0.2, -0.15) is 0 Å². The molecule has 0 amide bonds. The number of hydrogen-bond acceptors (Lipinski definition) is 5. The van der Waals surface area contributed by atoms with E-state index in [1.165, 1.54) is 36.4 Å². The Morgan fingerprint density at radius 2 is 1.67 bits per heavy atom. The van der Waals surface area contributed by atoms with E-state index in [1.807, 2.05) is 0 Å². The van der Waals surface area contributed by atoms with Crippen LogP contribution in [0.5, 0.6) is 5.75 Å². The summed E-state index contributed by atoms with van der Waals surface area (Å²) in [5, 5.41) is 23.5. The molecule has 0 saturated heterocycles. The molecule has 2 atom stereocenters. The van der Waals surface area contributed by atoms with Gasteiger partial charge in [0, 0.05) is 0 Å². The molecule has 0 aliphatic carbocycles. The van der Waals surface area contributed by atoms with Crippen LogP contribution in [0, 0.1) is 0 Å². The molecule has 0 saturated carbocycles. The molecule has 4 rings (SSSR count). The number of benzene rings is 3. The van der Waals surface area contributed by atoms with E-state index >= 15 is 0 Å². The van der Waals surface area contributed by atoms with Gasteiger partial charge in [-0.25, -0.2) is 4.79 Å². The Morgan fingerprint density at radius 3 is 2.33 bits per heavy atom. The fourth-order valence-corrected chi connectivity index (χ4v) is 3.73. The second-order valence-electron chi connectivity index (χ2n) is 6.82. The lowest BCUT2D eigenvalue weighted by Gasteiger charge is -2.35. The SMILES string of the molecule is [2H]c1c([2H])c([2H])c(C(C(C)=O)C(O)(c2ccccc2)c2c(O)c3ccccc3oc2=O)c([2H])c1[2H]. The Kier molecular flexibility index (Phi) is 3.63. The monoisotopic (exact) mass is 405 g/mol. The van der Waals surface area contributed by atoms with Crippen molar-refractivity contribution in [3.63, 3.8) is 0 Å².